The van der Waals surface area contributed by atoms with Gasteiger partial charge < -0.3 is 15.8 Å². The molecule has 0 fully saturated rings. The molecule has 0 aliphatic rings. The molecule has 3 rings (SSSR count). The van der Waals surface area contributed by atoms with Crippen molar-refractivity contribution in [3.8, 4) is 17.0 Å². The highest BCUT2D eigenvalue weighted by atomic mass is 35.5. The van der Waals surface area contributed by atoms with Crippen molar-refractivity contribution in [3.63, 3.8) is 0 Å². The molecule has 0 spiro atoms. The van der Waals surface area contributed by atoms with E-state index in [-0.39, 0.29) is 5.91 Å². The Labute approximate surface area is 154 Å². The van der Waals surface area contributed by atoms with Gasteiger partial charge >= 0.3 is 0 Å². The fraction of sp³-hybridized carbons (Fsp3) is 0.111. The number of thiazole rings is 1. The number of nitrogens with one attached hydrogen (secondary N) is 1. The second-order valence-corrected chi connectivity index (χ2v) is 6.68. The number of nitrogens with zero attached hydrogens (tertiary/aromatic N) is 1. The van der Waals surface area contributed by atoms with Crippen LogP contribution in [0.1, 0.15) is 6.92 Å². The van der Waals surface area contributed by atoms with Gasteiger partial charge in [-0.1, -0.05) is 11.6 Å². The SMILES string of the molecule is CC(Oc1ccc(-c2csc(N)n2)cc1)C(=O)Nc1ccc(Cl)cc1. The van der Waals surface area contributed by atoms with Crippen LogP contribution in [0.4, 0.5) is 10.8 Å². The number of halogens is 1. The predicted octanol–water partition coefficient (Wildman–Crippen LogP) is 4.45. The molecule has 0 aliphatic heterocycles. The molecule has 3 N–H and O–H groups in total. The Balaban J connectivity index is 1.61. The number of aromatic nitrogens is 1. The normalized spacial score (nSPS) is 11.8. The maximum absolute atomic E-state index is 12.2. The first-order valence-corrected chi connectivity index (χ1v) is 8.81. The molecular weight excluding hydrogens is 358 g/mol. The zero-order valence-corrected chi connectivity index (χ0v) is 15.0. The lowest BCUT2D eigenvalue weighted by Gasteiger charge is -2.15. The highest BCUT2D eigenvalue weighted by molar-refractivity contribution is 7.13. The quantitative estimate of drug-likeness (QED) is 0.692. The molecule has 1 heterocycles. The zero-order chi connectivity index (χ0) is 17.8. The third-order valence-corrected chi connectivity index (χ3v) is 4.39. The zero-order valence-electron chi connectivity index (χ0n) is 13.4. The van der Waals surface area contributed by atoms with E-state index in [4.69, 9.17) is 22.1 Å². The molecule has 0 saturated heterocycles. The van der Waals surface area contributed by atoms with E-state index in [0.29, 0.717) is 21.6 Å². The highest BCUT2D eigenvalue weighted by Crippen LogP contribution is 2.25. The summed E-state index contributed by atoms with van der Waals surface area (Å²) in [6, 6.07) is 14.3. The van der Waals surface area contributed by atoms with Crippen LogP contribution in [0.25, 0.3) is 11.3 Å². The number of hydrogen-bond acceptors (Lipinski definition) is 5. The number of anilines is 2. The molecule has 5 nitrogen and oxygen atoms in total. The molecule has 0 bridgehead atoms. The van der Waals surface area contributed by atoms with E-state index >= 15 is 0 Å². The van der Waals surface area contributed by atoms with Crippen molar-refractivity contribution in [2.75, 3.05) is 11.1 Å². The average molecular weight is 374 g/mol. The number of nitrogen functional groups attached to an aromatic ring is 1. The van der Waals surface area contributed by atoms with E-state index in [9.17, 15) is 4.79 Å². The minimum atomic E-state index is -0.642. The fourth-order valence-corrected chi connectivity index (χ4v) is 2.86. The van der Waals surface area contributed by atoms with Gasteiger partial charge in [0.05, 0.1) is 5.69 Å². The average Bonchev–Trinajstić information content (AvgIpc) is 3.04. The van der Waals surface area contributed by atoms with E-state index in [1.807, 2.05) is 17.5 Å². The van der Waals surface area contributed by atoms with Gasteiger partial charge in [-0.05, 0) is 55.5 Å². The maximum Gasteiger partial charge on any atom is 0.265 e. The predicted molar refractivity (Wildman–Crippen MR) is 102 cm³/mol. The Morgan fingerprint density at radius 2 is 1.88 bits per heavy atom. The summed E-state index contributed by atoms with van der Waals surface area (Å²) >= 11 is 7.22. The van der Waals surface area contributed by atoms with Crippen molar-refractivity contribution >= 4 is 39.7 Å². The van der Waals surface area contributed by atoms with Crippen LogP contribution in [0.2, 0.25) is 5.02 Å². The van der Waals surface area contributed by atoms with Crippen molar-refractivity contribution in [2.24, 2.45) is 0 Å². The summed E-state index contributed by atoms with van der Waals surface area (Å²) in [6.07, 6.45) is -0.642. The Bertz CT molecular complexity index is 863. The van der Waals surface area contributed by atoms with E-state index in [1.165, 1.54) is 11.3 Å². The molecule has 2 aromatic carbocycles. The van der Waals surface area contributed by atoms with Gasteiger partial charge in [-0.25, -0.2) is 4.98 Å². The Kier molecular flexibility index (Phi) is 5.21. The van der Waals surface area contributed by atoms with Gasteiger partial charge in [0.25, 0.3) is 5.91 Å². The van der Waals surface area contributed by atoms with E-state index in [2.05, 4.69) is 10.3 Å². The summed E-state index contributed by atoms with van der Waals surface area (Å²) < 4.78 is 5.69. The number of carbonyl (C=O) groups is 1. The lowest BCUT2D eigenvalue weighted by atomic mass is 10.2. The summed E-state index contributed by atoms with van der Waals surface area (Å²) in [5.41, 5.74) is 8.08. The molecule has 1 unspecified atom stereocenters. The van der Waals surface area contributed by atoms with E-state index in [0.717, 1.165) is 11.3 Å². The Morgan fingerprint density at radius 1 is 1.20 bits per heavy atom. The van der Waals surface area contributed by atoms with Crippen molar-refractivity contribution in [3.05, 3.63) is 58.9 Å². The Hall–Kier alpha value is -2.57. The summed E-state index contributed by atoms with van der Waals surface area (Å²) in [5, 5.41) is 5.83. The van der Waals surface area contributed by atoms with Gasteiger partial charge in [-0.3, -0.25) is 4.79 Å². The molecule has 1 aromatic heterocycles. The molecule has 7 heteroatoms. The van der Waals surface area contributed by atoms with Gasteiger partial charge in [-0.15, -0.1) is 11.3 Å². The molecule has 0 saturated carbocycles. The van der Waals surface area contributed by atoms with Crippen LogP contribution in [0.15, 0.2) is 53.9 Å². The number of benzene rings is 2. The van der Waals surface area contributed by atoms with Crippen LogP contribution < -0.4 is 15.8 Å². The molecular formula is C18H16ClN3O2S. The third kappa shape index (κ3) is 4.49. The lowest BCUT2D eigenvalue weighted by molar-refractivity contribution is -0.122. The molecule has 0 aliphatic carbocycles. The van der Waals surface area contributed by atoms with Crippen LogP contribution in [0.5, 0.6) is 5.75 Å². The highest BCUT2D eigenvalue weighted by Gasteiger charge is 2.15. The molecule has 0 radical (unpaired) electrons. The summed E-state index contributed by atoms with van der Waals surface area (Å²) in [6.45, 7) is 1.69. The maximum atomic E-state index is 12.2. The van der Waals surface area contributed by atoms with Crippen LogP contribution in [0.3, 0.4) is 0 Å². The van der Waals surface area contributed by atoms with Gasteiger partial charge in [-0.2, -0.15) is 0 Å². The molecule has 1 atom stereocenters. The van der Waals surface area contributed by atoms with Gasteiger partial charge in [0.2, 0.25) is 0 Å². The van der Waals surface area contributed by atoms with Crippen molar-refractivity contribution in [2.45, 2.75) is 13.0 Å². The Morgan fingerprint density at radius 3 is 2.48 bits per heavy atom. The first kappa shape index (κ1) is 17.3. The monoisotopic (exact) mass is 373 g/mol. The van der Waals surface area contributed by atoms with E-state index in [1.54, 1.807) is 43.3 Å². The number of rotatable bonds is 5. The molecule has 25 heavy (non-hydrogen) atoms. The third-order valence-electron chi connectivity index (χ3n) is 3.47. The van der Waals surface area contributed by atoms with Crippen LogP contribution in [-0.2, 0) is 4.79 Å². The number of ether oxygens (including phenoxy) is 1. The van der Waals surface area contributed by atoms with Crippen molar-refractivity contribution in [1.29, 1.82) is 0 Å². The summed E-state index contributed by atoms with van der Waals surface area (Å²) in [7, 11) is 0. The minimum absolute atomic E-state index is 0.237. The van der Waals surface area contributed by atoms with Crippen LogP contribution in [0, 0.1) is 0 Å². The summed E-state index contributed by atoms with van der Waals surface area (Å²) in [4.78, 5) is 16.4. The van der Waals surface area contributed by atoms with Gasteiger partial charge in [0.15, 0.2) is 11.2 Å². The first-order valence-electron chi connectivity index (χ1n) is 7.56. The lowest BCUT2D eigenvalue weighted by Crippen LogP contribution is -2.30. The topological polar surface area (TPSA) is 77.2 Å². The van der Waals surface area contributed by atoms with Crippen LogP contribution in [-0.4, -0.2) is 17.0 Å². The number of amides is 1. The van der Waals surface area contributed by atoms with Crippen LogP contribution >= 0.6 is 22.9 Å². The fourth-order valence-electron chi connectivity index (χ4n) is 2.16. The number of nitrogens with two attached hydrogens (primary N) is 1. The largest absolute Gasteiger partial charge is 0.481 e. The van der Waals surface area contributed by atoms with E-state index < -0.39 is 6.10 Å². The number of hydrogen-bond donors (Lipinski definition) is 2. The van der Waals surface area contributed by atoms with Gasteiger partial charge in [0, 0.05) is 21.7 Å². The molecule has 1 amide bonds. The summed E-state index contributed by atoms with van der Waals surface area (Å²) in [5.74, 6) is 0.365. The first-order chi connectivity index (χ1) is 12.0. The smallest absolute Gasteiger partial charge is 0.265 e. The van der Waals surface area contributed by atoms with Crippen molar-refractivity contribution in [1.82, 2.24) is 4.98 Å². The van der Waals surface area contributed by atoms with Crippen molar-refractivity contribution < 1.29 is 9.53 Å². The second kappa shape index (κ2) is 7.55. The molecule has 128 valence electrons. The second-order valence-electron chi connectivity index (χ2n) is 5.35. The molecule has 3 aromatic rings. The standard InChI is InChI=1S/C18H16ClN3O2S/c1-11(17(23)21-14-6-4-13(19)5-7-14)24-15-8-2-12(3-9-15)16-10-25-18(20)22-16/h2-11H,1H3,(H2,20,22)(H,21,23). The minimum Gasteiger partial charge on any atom is -0.481 e. The number of carbonyl (C=O) groups excluding carboxylic acids is 1. The van der Waals surface area contributed by atoms with Gasteiger partial charge in [0.1, 0.15) is 5.75 Å².